The van der Waals surface area contributed by atoms with Crippen LogP contribution in [0.5, 0.6) is 0 Å². The molecule has 3 aromatic rings. The molecule has 0 aliphatic rings. The predicted molar refractivity (Wildman–Crippen MR) is 144 cm³/mol. The monoisotopic (exact) mass is 412 g/mol. The number of hydrogen-bond donors (Lipinski definition) is 0. The molecule has 0 fully saturated rings. The van der Waals surface area contributed by atoms with E-state index in [-0.39, 0.29) is 0 Å². The van der Waals surface area contributed by atoms with Gasteiger partial charge in [-0.05, 0) is 43.0 Å². The van der Waals surface area contributed by atoms with E-state index in [0.29, 0.717) is 0 Å². The molecular weight excluding hydrogens is 372 g/mol. The minimum Gasteiger partial charge on any atom is -0.0985 e. The summed E-state index contributed by atoms with van der Waals surface area (Å²) in [6, 6.07) is 24.7. The third-order valence-corrected chi connectivity index (χ3v) is 4.50. The first-order valence-corrected chi connectivity index (χ1v) is 11.0. The zero-order chi connectivity index (χ0) is 23.5. The van der Waals surface area contributed by atoms with Crippen molar-refractivity contribution in [1.82, 2.24) is 0 Å². The van der Waals surface area contributed by atoms with Crippen LogP contribution in [0, 0.1) is 20.8 Å². The van der Waals surface area contributed by atoms with Crippen LogP contribution < -0.4 is 0 Å². The molecule has 0 heterocycles. The summed E-state index contributed by atoms with van der Waals surface area (Å²) in [5, 5.41) is 0. The molecule has 0 unspecified atom stereocenters. The molecule has 0 amide bonds. The van der Waals surface area contributed by atoms with Gasteiger partial charge in [-0.3, -0.25) is 0 Å². The van der Waals surface area contributed by atoms with E-state index >= 15 is 0 Å². The second-order valence-corrected chi connectivity index (χ2v) is 7.29. The Balaban J connectivity index is 0.000000402. The average molecular weight is 413 g/mol. The zero-order valence-electron chi connectivity index (χ0n) is 20.2. The second-order valence-electron chi connectivity index (χ2n) is 7.29. The molecule has 0 heteroatoms. The van der Waals surface area contributed by atoms with Crippen molar-refractivity contribution in [3.05, 3.63) is 126 Å². The van der Waals surface area contributed by atoms with E-state index in [1.54, 1.807) is 0 Å². The molecule has 0 N–H and O–H groups in total. The highest BCUT2D eigenvalue weighted by molar-refractivity contribution is 5.51. The van der Waals surface area contributed by atoms with Crippen LogP contribution >= 0.6 is 0 Å². The molecule has 0 atom stereocenters. The first-order valence-electron chi connectivity index (χ1n) is 11.0. The topological polar surface area (TPSA) is 0 Å². The van der Waals surface area contributed by atoms with Crippen LogP contribution in [0.2, 0.25) is 0 Å². The molecule has 0 aliphatic heterocycles. The molecule has 0 aliphatic carbocycles. The van der Waals surface area contributed by atoms with E-state index in [1.807, 2.05) is 42.5 Å². The molecule has 0 saturated carbocycles. The Morgan fingerprint density at radius 1 is 0.581 bits per heavy atom. The Kier molecular flexibility index (Phi) is 15.9. The molecule has 0 spiro atoms. The van der Waals surface area contributed by atoms with E-state index in [0.717, 1.165) is 0 Å². The van der Waals surface area contributed by atoms with E-state index in [1.165, 1.54) is 46.2 Å². The van der Waals surface area contributed by atoms with Crippen LogP contribution in [0.15, 0.2) is 92.5 Å². The van der Waals surface area contributed by atoms with Crippen molar-refractivity contribution in [3.8, 4) is 0 Å². The van der Waals surface area contributed by atoms with Crippen molar-refractivity contribution < 1.29 is 0 Å². The molecule has 3 rings (SSSR count). The van der Waals surface area contributed by atoms with Crippen molar-refractivity contribution in [2.45, 2.75) is 47.5 Å². The fraction of sp³-hybridized carbons (Fsp3) is 0.226. The van der Waals surface area contributed by atoms with Gasteiger partial charge in [-0.15, -0.1) is 0 Å². The molecule has 164 valence electrons. The van der Waals surface area contributed by atoms with Crippen LogP contribution in [0.25, 0.3) is 18.2 Å². The van der Waals surface area contributed by atoms with Gasteiger partial charge in [-0.1, -0.05) is 149 Å². The summed E-state index contributed by atoms with van der Waals surface area (Å²) in [6.45, 7) is 21.6. The first kappa shape index (κ1) is 27.9. The molecular formula is C31H40. The van der Waals surface area contributed by atoms with E-state index < -0.39 is 0 Å². The van der Waals surface area contributed by atoms with Gasteiger partial charge in [0, 0.05) is 0 Å². The largest absolute Gasteiger partial charge is 0.0985 e. The zero-order valence-corrected chi connectivity index (χ0v) is 20.2. The Morgan fingerprint density at radius 3 is 1.55 bits per heavy atom. The van der Waals surface area contributed by atoms with Crippen LogP contribution in [0.4, 0.5) is 0 Å². The summed E-state index contributed by atoms with van der Waals surface area (Å²) in [6.07, 6.45) is 8.21. The minimum atomic E-state index is 1.18. The summed E-state index contributed by atoms with van der Waals surface area (Å²) in [7, 11) is 0. The SMILES string of the molecule is C=Cc1ccc(C)cc1.C=Cc1cccc(C)c1.C=Cc1ccccc1C.CCCC. The number of benzene rings is 3. The summed E-state index contributed by atoms with van der Waals surface area (Å²) in [5.74, 6) is 0. The fourth-order valence-corrected chi connectivity index (χ4v) is 2.32. The normalized spacial score (nSPS) is 8.81. The second kappa shape index (κ2) is 17.7. The van der Waals surface area contributed by atoms with Gasteiger partial charge in [0.15, 0.2) is 0 Å². The van der Waals surface area contributed by atoms with E-state index in [2.05, 4.69) is 103 Å². The lowest BCUT2D eigenvalue weighted by Gasteiger charge is -1.95. The third-order valence-electron chi connectivity index (χ3n) is 4.50. The molecule has 0 saturated heterocycles. The Bertz CT molecular complexity index is 880. The smallest absolute Gasteiger partial charge is 0.0233 e. The lowest BCUT2D eigenvalue weighted by Crippen LogP contribution is -1.75. The maximum Gasteiger partial charge on any atom is -0.0233 e. The quantitative estimate of drug-likeness (QED) is 0.400. The van der Waals surface area contributed by atoms with Crippen molar-refractivity contribution in [2.75, 3.05) is 0 Å². The highest BCUT2D eigenvalue weighted by atomic mass is 13.9. The van der Waals surface area contributed by atoms with Gasteiger partial charge in [0.25, 0.3) is 0 Å². The fourth-order valence-electron chi connectivity index (χ4n) is 2.32. The Hall–Kier alpha value is -3.12. The van der Waals surface area contributed by atoms with Crippen molar-refractivity contribution >= 4 is 18.2 Å². The molecule has 3 aromatic carbocycles. The lowest BCUT2D eigenvalue weighted by atomic mass is 10.1. The van der Waals surface area contributed by atoms with Gasteiger partial charge >= 0.3 is 0 Å². The number of hydrogen-bond acceptors (Lipinski definition) is 0. The molecule has 31 heavy (non-hydrogen) atoms. The summed E-state index contributed by atoms with van der Waals surface area (Å²) in [4.78, 5) is 0. The Labute approximate surface area is 191 Å². The van der Waals surface area contributed by atoms with Crippen LogP contribution in [0.1, 0.15) is 60.1 Å². The Morgan fingerprint density at radius 2 is 1.16 bits per heavy atom. The van der Waals surface area contributed by atoms with Gasteiger partial charge in [0.2, 0.25) is 0 Å². The standard InChI is InChI=1S/3C9H10.C4H10/c1-3-9-6-4-8(2)5-7-9;1-3-9-6-4-5-8(2)7-9;1-3-9-7-5-4-6-8(9)2;1-3-4-2/h3*3-7H,1H2,2H3;3-4H2,1-2H3. The maximum atomic E-state index is 3.69. The summed E-state index contributed by atoms with van der Waals surface area (Å²) in [5.41, 5.74) is 7.45. The maximum absolute atomic E-state index is 3.69. The molecule has 0 radical (unpaired) electrons. The average Bonchev–Trinajstić information content (AvgIpc) is 2.81. The number of rotatable bonds is 4. The van der Waals surface area contributed by atoms with Crippen LogP contribution in [0.3, 0.4) is 0 Å². The van der Waals surface area contributed by atoms with E-state index in [4.69, 9.17) is 0 Å². The summed E-state index contributed by atoms with van der Waals surface area (Å²) >= 11 is 0. The first-order chi connectivity index (χ1) is 14.9. The lowest BCUT2D eigenvalue weighted by molar-refractivity contribution is 0.886. The predicted octanol–water partition coefficient (Wildman–Crippen LogP) is 9.72. The number of aryl methyl sites for hydroxylation is 3. The van der Waals surface area contributed by atoms with Gasteiger partial charge in [-0.2, -0.15) is 0 Å². The van der Waals surface area contributed by atoms with Crippen LogP contribution in [-0.4, -0.2) is 0 Å². The van der Waals surface area contributed by atoms with Crippen molar-refractivity contribution in [1.29, 1.82) is 0 Å². The van der Waals surface area contributed by atoms with Crippen LogP contribution in [-0.2, 0) is 0 Å². The van der Waals surface area contributed by atoms with E-state index in [9.17, 15) is 0 Å². The van der Waals surface area contributed by atoms with Crippen molar-refractivity contribution in [2.24, 2.45) is 0 Å². The third kappa shape index (κ3) is 13.7. The van der Waals surface area contributed by atoms with Gasteiger partial charge in [0.05, 0.1) is 0 Å². The number of unbranched alkanes of at least 4 members (excludes halogenated alkanes) is 1. The molecule has 0 bridgehead atoms. The molecule has 0 nitrogen and oxygen atoms in total. The van der Waals surface area contributed by atoms with Gasteiger partial charge < -0.3 is 0 Å². The summed E-state index contributed by atoms with van der Waals surface area (Å²) < 4.78 is 0. The van der Waals surface area contributed by atoms with Gasteiger partial charge in [0.1, 0.15) is 0 Å². The van der Waals surface area contributed by atoms with Gasteiger partial charge in [-0.25, -0.2) is 0 Å². The minimum absolute atomic E-state index is 1.18. The highest BCUT2D eigenvalue weighted by Gasteiger charge is 1.87. The highest BCUT2D eigenvalue weighted by Crippen LogP contribution is 2.07. The molecule has 0 aromatic heterocycles. The van der Waals surface area contributed by atoms with Crippen molar-refractivity contribution in [3.63, 3.8) is 0 Å².